The molecule has 15 heavy (non-hydrogen) atoms. The largest absolute Gasteiger partial charge is 0.259 e. The lowest BCUT2D eigenvalue weighted by atomic mass is 9.86. The molecule has 0 saturated carbocycles. The normalized spacial score (nSPS) is 20.8. The van der Waals surface area contributed by atoms with Crippen molar-refractivity contribution in [3.63, 3.8) is 0 Å². The van der Waals surface area contributed by atoms with Crippen LogP contribution in [0.15, 0.2) is 42.1 Å². The third kappa shape index (κ3) is 2.06. The maximum absolute atomic E-state index is 10.9. The Morgan fingerprint density at radius 1 is 1.27 bits per heavy atom. The van der Waals surface area contributed by atoms with Gasteiger partial charge in [-0.1, -0.05) is 30.3 Å². The molecule has 0 fully saturated rings. The first-order valence-electron chi connectivity index (χ1n) is 5.18. The maximum Gasteiger partial charge on any atom is 0.249 e. The Labute approximate surface area is 88.6 Å². The molecule has 1 aliphatic carbocycles. The molecule has 0 N–H and O–H groups in total. The summed E-state index contributed by atoms with van der Waals surface area (Å²) in [5.74, 6) is -0.0186. The Morgan fingerprint density at radius 2 is 2.00 bits per heavy atom. The minimum absolute atomic E-state index is 0.0186. The first-order chi connectivity index (χ1) is 7.29. The van der Waals surface area contributed by atoms with Crippen molar-refractivity contribution in [2.75, 3.05) is 0 Å². The van der Waals surface area contributed by atoms with E-state index in [0.717, 1.165) is 24.8 Å². The highest BCUT2D eigenvalue weighted by atomic mass is 16.6. The van der Waals surface area contributed by atoms with E-state index in [1.54, 1.807) is 6.08 Å². The van der Waals surface area contributed by atoms with Crippen LogP contribution in [0.3, 0.4) is 0 Å². The zero-order chi connectivity index (χ0) is 10.7. The van der Waals surface area contributed by atoms with E-state index in [1.165, 1.54) is 0 Å². The summed E-state index contributed by atoms with van der Waals surface area (Å²) in [4.78, 5) is 10.6. The molecular formula is C12H13NO2. The van der Waals surface area contributed by atoms with Gasteiger partial charge in [-0.05, 0) is 30.9 Å². The van der Waals surface area contributed by atoms with Gasteiger partial charge in [0.05, 0.1) is 10.8 Å². The number of benzene rings is 1. The lowest BCUT2D eigenvalue weighted by Crippen LogP contribution is -2.13. The molecule has 3 nitrogen and oxygen atoms in total. The van der Waals surface area contributed by atoms with Crippen molar-refractivity contribution in [2.45, 2.75) is 25.2 Å². The van der Waals surface area contributed by atoms with Gasteiger partial charge in [-0.25, -0.2) is 0 Å². The van der Waals surface area contributed by atoms with E-state index in [2.05, 4.69) is 0 Å². The van der Waals surface area contributed by atoms with Crippen molar-refractivity contribution < 1.29 is 4.92 Å². The fourth-order valence-corrected chi connectivity index (χ4v) is 2.09. The fraction of sp³-hybridized carbons (Fsp3) is 0.333. The molecule has 0 radical (unpaired) electrons. The molecule has 0 bridgehead atoms. The van der Waals surface area contributed by atoms with E-state index in [1.807, 2.05) is 30.3 Å². The van der Waals surface area contributed by atoms with Crippen molar-refractivity contribution in [2.24, 2.45) is 0 Å². The molecule has 0 spiro atoms. The van der Waals surface area contributed by atoms with Crippen molar-refractivity contribution in [1.82, 2.24) is 0 Å². The van der Waals surface area contributed by atoms with Gasteiger partial charge in [0.25, 0.3) is 0 Å². The van der Waals surface area contributed by atoms with Crippen molar-refractivity contribution in [3.05, 3.63) is 57.8 Å². The molecule has 1 aliphatic rings. The number of nitrogens with zero attached hydrogens (tertiary/aromatic N) is 1. The Balaban J connectivity index is 2.32. The van der Waals surface area contributed by atoms with Gasteiger partial charge < -0.3 is 0 Å². The Hall–Kier alpha value is -1.64. The van der Waals surface area contributed by atoms with Crippen LogP contribution in [0.4, 0.5) is 0 Å². The number of hydrogen-bond donors (Lipinski definition) is 0. The van der Waals surface area contributed by atoms with Crippen LogP contribution in [0, 0.1) is 10.1 Å². The van der Waals surface area contributed by atoms with Gasteiger partial charge in [0.2, 0.25) is 5.70 Å². The molecule has 0 amide bonds. The molecule has 0 heterocycles. The molecule has 0 aliphatic heterocycles. The highest BCUT2D eigenvalue weighted by molar-refractivity contribution is 5.27. The molecular weight excluding hydrogens is 190 g/mol. The van der Waals surface area contributed by atoms with Crippen LogP contribution in [0.2, 0.25) is 0 Å². The van der Waals surface area contributed by atoms with Crippen molar-refractivity contribution in [1.29, 1.82) is 0 Å². The van der Waals surface area contributed by atoms with Crippen LogP contribution < -0.4 is 0 Å². The third-order valence-corrected chi connectivity index (χ3v) is 2.82. The van der Waals surface area contributed by atoms with E-state index in [9.17, 15) is 10.1 Å². The van der Waals surface area contributed by atoms with Crippen LogP contribution in [-0.2, 0) is 0 Å². The first kappa shape index (κ1) is 9.90. The summed E-state index contributed by atoms with van der Waals surface area (Å²) < 4.78 is 0. The molecule has 1 aromatic carbocycles. The van der Waals surface area contributed by atoms with Gasteiger partial charge in [-0.15, -0.1) is 0 Å². The van der Waals surface area contributed by atoms with Crippen LogP contribution in [0.1, 0.15) is 30.7 Å². The lowest BCUT2D eigenvalue weighted by Gasteiger charge is -2.18. The summed E-state index contributed by atoms with van der Waals surface area (Å²) in [6.07, 6.45) is 4.52. The van der Waals surface area contributed by atoms with E-state index in [0.29, 0.717) is 5.70 Å². The van der Waals surface area contributed by atoms with Gasteiger partial charge in [0.1, 0.15) is 0 Å². The Morgan fingerprint density at radius 3 is 2.67 bits per heavy atom. The van der Waals surface area contributed by atoms with Crippen LogP contribution >= 0.6 is 0 Å². The minimum atomic E-state index is -0.239. The molecule has 78 valence electrons. The second-order valence-corrected chi connectivity index (χ2v) is 3.78. The van der Waals surface area contributed by atoms with Gasteiger partial charge in [0, 0.05) is 0 Å². The number of nitro groups is 1. The van der Waals surface area contributed by atoms with Crippen molar-refractivity contribution >= 4 is 0 Å². The molecule has 1 unspecified atom stereocenters. The average Bonchev–Trinajstić information content (AvgIpc) is 2.30. The van der Waals surface area contributed by atoms with Gasteiger partial charge in [0.15, 0.2) is 0 Å². The molecule has 0 saturated heterocycles. The average molecular weight is 203 g/mol. The highest BCUT2D eigenvalue weighted by Crippen LogP contribution is 2.33. The van der Waals surface area contributed by atoms with Crippen molar-refractivity contribution in [3.8, 4) is 0 Å². The molecule has 0 aromatic heterocycles. The van der Waals surface area contributed by atoms with Crippen LogP contribution in [0.25, 0.3) is 0 Å². The second-order valence-electron chi connectivity index (χ2n) is 3.78. The van der Waals surface area contributed by atoms with E-state index < -0.39 is 0 Å². The summed E-state index contributed by atoms with van der Waals surface area (Å²) in [6, 6.07) is 9.73. The van der Waals surface area contributed by atoms with E-state index in [4.69, 9.17) is 0 Å². The molecule has 3 heteroatoms. The monoisotopic (exact) mass is 203 g/mol. The van der Waals surface area contributed by atoms with Gasteiger partial charge in [-0.3, -0.25) is 10.1 Å². The minimum Gasteiger partial charge on any atom is -0.259 e. The van der Waals surface area contributed by atoms with Crippen LogP contribution in [-0.4, -0.2) is 4.92 Å². The maximum atomic E-state index is 10.9. The highest BCUT2D eigenvalue weighted by Gasteiger charge is 2.28. The summed E-state index contributed by atoms with van der Waals surface area (Å²) >= 11 is 0. The second kappa shape index (κ2) is 4.26. The summed E-state index contributed by atoms with van der Waals surface area (Å²) in [5, 5.41) is 10.9. The number of hydrogen-bond acceptors (Lipinski definition) is 2. The number of allylic oxidation sites excluding steroid dienone is 2. The first-order valence-corrected chi connectivity index (χ1v) is 5.18. The molecule has 1 atom stereocenters. The topological polar surface area (TPSA) is 43.1 Å². The zero-order valence-corrected chi connectivity index (χ0v) is 8.43. The standard InChI is InChI=1S/C12H13NO2/c14-13(15)12-9-5-4-8-11(12)10-6-2-1-3-7-10/h1-3,6-7,9,11H,4-5,8H2. The zero-order valence-electron chi connectivity index (χ0n) is 8.43. The number of rotatable bonds is 2. The molecule has 1 aromatic rings. The third-order valence-electron chi connectivity index (χ3n) is 2.82. The predicted molar refractivity (Wildman–Crippen MR) is 58.1 cm³/mol. The summed E-state index contributed by atoms with van der Waals surface area (Å²) in [7, 11) is 0. The van der Waals surface area contributed by atoms with Gasteiger partial charge >= 0.3 is 0 Å². The summed E-state index contributed by atoms with van der Waals surface area (Å²) in [6.45, 7) is 0. The predicted octanol–water partition coefficient (Wildman–Crippen LogP) is 3.11. The van der Waals surface area contributed by atoms with E-state index >= 15 is 0 Å². The Kier molecular flexibility index (Phi) is 2.81. The Bertz CT molecular complexity index is 384. The fourth-order valence-electron chi connectivity index (χ4n) is 2.09. The quantitative estimate of drug-likeness (QED) is 0.547. The van der Waals surface area contributed by atoms with Crippen LogP contribution in [0.5, 0.6) is 0 Å². The van der Waals surface area contributed by atoms with E-state index in [-0.39, 0.29) is 10.8 Å². The SMILES string of the molecule is O=[N+]([O-])C1=CCCCC1c1ccccc1. The molecule has 2 rings (SSSR count). The van der Waals surface area contributed by atoms with Gasteiger partial charge in [-0.2, -0.15) is 0 Å². The summed E-state index contributed by atoms with van der Waals surface area (Å²) in [5.41, 5.74) is 1.42. The lowest BCUT2D eigenvalue weighted by molar-refractivity contribution is -0.431. The smallest absolute Gasteiger partial charge is 0.249 e.